The summed E-state index contributed by atoms with van der Waals surface area (Å²) >= 11 is 0. The number of carbonyl (C=O) groups is 2. The van der Waals surface area contributed by atoms with E-state index in [1.54, 1.807) is 24.1 Å². The van der Waals surface area contributed by atoms with E-state index in [4.69, 9.17) is 0 Å². The van der Waals surface area contributed by atoms with E-state index in [2.05, 4.69) is 5.32 Å². The summed E-state index contributed by atoms with van der Waals surface area (Å²) in [6, 6.07) is 4.55. The number of anilines is 1. The van der Waals surface area contributed by atoms with Crippen LogP contribution in [0.25, 0.3) is 0 Å². The molecule has 22 heavy (non-hydrogen) atoms. The van der Waals surface area contributed by atoms with Crippen LogP contribution in [0.1, 0.15) is 17.3 Å². The van der Waals surface area contributed by atoms with Gasteiger partial charge in [0.05, 0.1) is 12.2 Å². The summed E-state index contributed by atoms with van der Waals surface area (Å²) in [7, 11) is 1.74. The largest absolute Gasteiger partial charge is 0.366 e. The number of piperazine rings is 1. The lowest BCUT2D eigenvalue weighted by Crippen LogP contribution is -2.50. The normalized spacial score (nSPS) is 14.5. The number of amides is 1. The first-order valence-corrected chi connectivity index (χ1v) is 7.00. The minimum Gasteiger partial charge on any atom is -0.366 e. The molecule has 1 aliphatic rings. The van der Waals surface area contributed by atoms with Crippen molar-refractivity contribution < 1.29 is 14.0 Å². The molecule has 0 bridgehead atoms. The monoisotopic (exact) mass is 329 g/mol. The van der Waals surface area contributed by atoms with Gasteiger partial charge in [0.1, 0.15) is 5.82 Å². The summed E-state index contributed by atoms with van der Waals surface area (Å²) in [5.41, 5.74) is 0.861. The highest BCUT2D eigenvalue weighted by Crippen LogP contribution is 2.22. The van der Waals surface area contributed by atoms with Gasteiger partial charge in [-0.3, -0.25) is 9.59 Å². The number of hydrogen-bond acceptors (Lipinski definition) is 4. The van der Waals surface area contributed by atoms with Crippen molar-refractivity contribution in [1.82, 2.24) is 10.2 Å². The van der Waals surface area contributed by atoms with Crippen LogP contribution in [0.2, 0.25) is 0 Å². The molecule has 1 N–H and O–H groups in total. The lowest BCUT2D eigenvalue weighted by atomic mass is 10.1. The van der Waals surface area contributed by atoms with Crippen molar-refractivity contribution in [2.75, 3.05) is 44.7 Å². The molecule has 0 unspecified atom stereocenters. The number of Topliss-reactive ketones (excluding diaryl/α,β-unsaturated/α-hetero) is 1. The standard InChI is InChI=1S/C15H20FN3O2.ClH/c1-11(20)12-3-4-14(13(16)9-12)18-5-7-19(8-6-18)15(21)10-17-2;/h3-4,9,17H,5-8,10H2,1-2H3;1H. The minimum absolute atomic E-state index is 0. The lowest BCUT2D eigenvalue weighted by molar-refractivity contribution is -0.130. The first kappa shape index (κ1) is 18.4. The van der Waals surface area contributed by atoms with Crippen LogP contribution in [0.3, 0.4) is 0 Å². The van der Waals surface area contributed by atoms with E-state index in [1.807, 2.05) is 4.90 Å². The molecule has 1 amide bonds. The summed E-state index contributed by atoms with van der Waals surface area (Å²) in [5.74, 6) is -0.481. The maximum absolute atomic E-state index is 14.1. The van der Waals surface area contributed by atoms with Gasteiger partial charge in [0.15, 0.2) is 5.78 Å². The molecular formula is C15H21ClFN3O2. The van der Waals surface area contributed by atoms with Crippen LogP contribution < -0.4 is 10.2 Å². The maximum Gasteiger partial charge on any atom is 0.236 e. The molecule has 1 aliphatic heterocycles. The molecule has 122 valence electrons. The van der Waals surface area contributed by atoms with Gasteiger partial charge in [-0.2, -0.15) is 0 Å². The van der Waals surface area contributed by atoms with E-state index in [0.717, 1.165) is 0 Å². The molecule has 2 rings (SSSR count). The molecule has 1 aromatic carbocycles. The Morgan fingerprint density at radius 1 is 1.23 bits per heavy atom. The Balaban J connectivity index is 0.00000242. The molecular weight excluding hydrogens is 309 g/mol. The Bertz CT molecular complexity index is 546. The zero-order valence-corrected chi connectivity index (χ0v) is 13.6. The SMILES string of the molecule is CNCC(=O)N1CCN(c2ccc(C(C)=O)cc2F)CC1.Cl. The average molecular weight is 330 g/mol. The maximum atomic E-state index is 14.1. The number of rotatable bonds is 4. The highest BCUT2D eigenvalue weighted by atomic mass is 35.5. The molecule has 1 saturated heterocycles. The third-order valence-electron chi connectivity index (χ3n) is 3.66. The molecule has 5 nitrogen and oxygen atoms in total. The van der Waals surface area contributed by atoms with E-state index in [0.29, 0.717) is 44.0 Å². The number of carbonyl (C=O) groups excluding carboxylic acids is 2. The van der Waals surface area contributed by atoms with Crippen molar-refractivity contribution in [1.29, 1.82) is 0 Å². The van der Waals surface area contributed by atoms with E-state index in [1.165, 1.54) is 13.0 Å². The minimum atomic E-state index is -0.391. The smallest absolute Gasteiger partial charge is 0.236 e. The van der Waals surface area contributed by atoms with Gasteiger partial charge in [-0.05, 0) is 32.2 Å². The van der Waals surface area contributed by atoms with Gasteiger partial charge in [0, 0.05) is 31.7 Å². The van der Waals surface area contributed by atoms with Gasteiger partial charge in [-0.15, -0.1) is 12.4 Å². The van der Waals surface area contributed by atoms with Gasteiger partial charge in [-0.25, -0.2) is 4.39 Å². The third-order valence-corrected chi connectivity index (χ3v) is 3.66. The molecule has 1 aromatic rings. The predicted molar refractivity (Wildman–Crippen MR) is 86.4 cm³/mol. The number of likely N-dealkylation sites (N-methyl/N-ethyl adjacent to an activating group) is 1. The number of hydrogen-bond donors (Lipinski definition) is 1. The Morgan fingerprint density at radius 3 is 2.36 bits per heavy atom. The first-order chi connectivity index (χ1) is 10.0. The van der Waals surface area contributed by atoms with Crippen LogP contribution in [0, 0.1) is 5.82 Å². The fraction of sp³-hybridized carbons (Fsp3) is 0.467. The number of halogens is 2. The van der Waals surface area contributed by atoms with Crippen LogP contribution in [-0.2, 0) is 4.79 Å². The van der Waals surface area contributed by atoms with Crippen molar-refractivity contribution in [3.05, 3.63) is 29.6 Å². The second-order valence-corrected chi connectivity index (χ2v) is 5.12. The molecule has 0 spiro atoms. The summed E-state index contributed by atoms with van der Waals surface area (Å²) in [4.78, 5) is 26.7. The van der Waals surface area contributed by atoms with Crippen LogP contribution in [0.4, 0.5) is 10.1 Å². The molecule has 0 aromatic heterocycles. The second-order valence-electron chi connectivity index (χ2n) is 5.12. The number of benzene rings is 1. The predicted octanol–water partition coefficient (Wildman–Crippen LogP) is 1.32. The van der Waals surface area contributed by atoms with Crippen molar-refractivity contribution >= 4 is 29.8 Å². The van der Waals surface area contributed by atoms with Gasteiger partial charge in [0.25, 0.3) is 0 Å². The van der Waals surface area contributed by atoms with Crippen LogP contribution >= 0.6 is 12.4 Å². The summed E-state index contributed by atoms with van der Waals surface area (Å²) < 4.78 is 14.1. The molecule has 0 atom stereocenters. The summed E-state index contributed by atoms with van der Waals surface area (Å²) in [5, 5.41) is 2.84. The fourth-order valence-electron chi connectivity index (χ4n) is 2.44. The van der Waals surface area contributed by atoms with E-state index in [9.17, 15) is 14.0 Å². The second kappa shape index (κ2) is 8.10. The molecule has 0 radical (unpaired) electrons. The van der Waals surface area contributed by atoms with Crippen molar-refractivity contribution in [3.63, 3.8) is 0 Å². The first-order valence-electron chi connectivity index (χ1n) is 7.00. The summed E-state index contributed by atoms with van der Waals surface area (Å²) in [6.45, 7) is 4.07. The van der Waals surface area contributed by atoms with E-state index in [-0.39, 0.29) is 24.1 Å². The van der Waals surface area contributed by atoms with E-state index < -0.39 is 5.82 Å². The zero-order chi connectivity index (χ0) is 15.4. The van der Waals surface area contributed by atoms with Crippen LogP contribution in [0.15, 0.2) is 18.2 Å². The Labute approximate surface area is 135 Å². The Hall–Kier alpha value is -1.66. The third kappa shape index (κ3) is 4.18. The summed E-state index contributed by atoms with van der Waals surface area (Å²) in [6.07, 6.45) is 0. The van der Waals surface area contributed by atoms with Crippen molar-refractivity contribution in [2.24, 2.45) is 0 Å². The molecule has 1 heterocycles. The lowest BCUT2D eigenvalue weighted by Gasteiger charge is -2.36. The van der Waals surface area contributed by atoms with Crippen LogP contribution in [0.5, 0.6) is 0 Å². The molecule has 0 aliphatic carbocycles. The number of nitrogens with one attached hydrogen (secondary N) is 1. The quantitative estimate of drug-likeness (QED) is 0.847. The Morgan fingerprint density at radius 2 is 1.86 bits per heavy atom. The molecule has 1 fully saturated rings. The number of nitrogens with zero attached hydrogens (tertiary/aromatic N) is 2. The number of ketones is 1. The van der Waals surface area contributed by atoms with Crippen molar-refractivity contribution in [2.45, 2.75) is 6.92 Å². The van der Waals surface area contributed by atoms with Crippen LogP contribution in [-0.4, -0.2) is 56.4 Å². The van der Waals surface area contributed by atoms with E-state index >= 15 is 0 Å². The topological polar surface area (TPSA) is 52.7 Å². The van der Waals surface area contributed by atoms with Gasteiger partial charge < -0.3 is 15.1 Å². The van der Waals surface area contributed by atoms with Crippen molar-refractivity contribution in [3.8, 4) is 0 Å². The van der Waals surface area contributed by atoms with Gasteiger partial charge >= 0.3 is 0 Å². The highest BCUT2D eigenvalue weighted by molar-refractivity contribution is 5.94. The molecule has 0 saturated carbocycles. The van der Waals surface area contributed by atoms with Gasteiger partial charge in [-0.1, -0.05) is 0 Å². The highest BCUT2D eigenvalue weighted by Gasteiger charge is 2.22. The average Bonchev–Trinajstić information content (AvgIpc) is 2.47. The molecule has 7 heteroatoms. The fourth-order valence-corrected chi connectivity index (χ4v) is 2.44. The Kier molecular flexibility index (Phi) is 6.77. The zero-order valence-electron chi connectivity index (χ0n) is 12.8. The van der Waals surface area contributed by atoms with Gasteiger partial charge in [0.2, 0.25) is 5.91 Å².